The number of carboxylic acid groups (broad SMARTS) is 1. The van der Waals surface area contributed by atoms with Crippen LogP contribution in [0.3, 0.4) is 0 Å². The lowest BCUT2D eigenvalue weighted by molar-refractivity contribution is -0.143. The number of nitrogens with zero attached hydrogens (tertiary/aromatic N) is 1. The molecule has 154 valence electrons. The van der Waals surface area contributed by atoms with E-state index in [0.717, 1.165) is 12.0 Å². The van der Waals surface area contributed by atoms with Crippen LogP contribution in [0, 0.1) is 11.8 Å². The van der Waals surface area contributed by atoms with Gasteiger partial charge in [0.1, 0.15) is 6.04 Å². The zero-order chi connectivity index (χ0) is 20.7. The number of carbonyl (C=O) groups excluding carboxylic acids is 2. The Morgan fingerprint density at radius 3 is 2.36 bits per heavy atom. The number of aliphatic carboxylic acids is 1. The van der Waals surface area contributed by atoms with Crippen LogP contribution in [0.5, 0.6) is 0 Å². The van der Waals surface area contributed by atoms with Gasteiger partial charge in [-0.2, -0.15) is 0 Å². The summed E-state index contributed by atoms with van der Waals surface area (Å²) in [5.74, 6) is -1.56. The molecule has 0 bridgehead atoms. The van der Waals surface area contributed by atoms with Gasteiger partial charge < -0.3 is 21.1 Å². The summed E-state index contributed by atoms with van der Waals surface area (Å²) in [5, 5.41) is 12.1. The van der Waals surface area contributed by atoms with Gasteiger partial charge >= 0.3 is 5.97 Å². The number of piperidine rings is 1. The quantitative estimate of drug-likeness (QED) is 0.622. The second-order valence-corrected chi connectivity index (χ2v) is 7.60. The number of amides is 2. The van der Waals surface area contributed by atoms with Gasteiger partial charge in [-0.1, -0.05) is 50.6 Å². The Morgan fingerprint density at radius 1 is 1.21 bits per heavy atom. The van der Waals surface area contributed by atoms with Crippen molar-refractivity contribution in [1.82, 2.24) is 10.2 Å². The van der Waals surface area contributed by atoms with Gasteiger partial charge in [-0.3, -0.25) is 9.59 Å². The average molecular weight is 389 g/mol. The summed E-state index contributed by atoms with van der Waals surface area (Å²) < 4.78 is 0. The van der Waals surface area contributed by atoms with E-state index in [0.29, 0.717) is 25.9 Å². The Bertz CT molecular complexity index is 671. The summed E-state index contributed by atoms with van der Waals surface area (Å²) in [7, 11) is 0. The van der Waals surface area contributed by atoms with Gasteiger partial charge in [0.15, 0.2) is 0 Å². The van der Waals surface area contributed by atoms with E-state index < -0.39 is 18.1 Å². The van der Waals surface area contributed by atoms with E-state index in [-0.39, 0.29) is 30.1 Å². The standard InChI is InChI=1S/C21H31N3O4/c1-3-14(2)18(22)20(26)24-11-9-16(10-12-24)19(25)23-17(21(27)28)13-15-7-5-4-6-8-15/h4-8,14,16-18H,3,9-13,22H2,1-2H3,(H,23,25)(H,27,28)/t14-,17+,18-/m0/s1. The molecule has 0 aromatic heterocycles. The van der Waals surface area contributed by atoms with E-state index in [4.69, 9.17) is 5.73 Å². The third-order valence-corrected chi connectivity index (χ3v) is 5.62. The third-order valence-electron chi connectivity index (χ3n) is 5.62. The molecular formula is C21H31N3O4. The summed E-state index contributed by atoms with van der Waals surface area (Å²) in [6.45, 7) is 4.90. The Balaban J connectivity index is 1.88. The van der Waals surface area contributed by atoms with Gasteiger partial charge in [0, 0.05) is 25.4 Å². The Labute approximate surface area is 166 Å². The van der Waals surface area contributed by atoms with Crippen LogP contribution in [-0.2, 0) is 20.8 Å². The number of hydrogen-bond acceptors (Lipinski definition) is 4. The molecular weight excluding hydrogens is 358 g/mol. The van der Waals surface area contributed by atoms with Gasteiger partial charge in [-0.15, -0.1) is 0 Å². The number of carbonyl (C=O) groups is 3. The fraction of sp³-hybridized carbons (Fsp3) is 0.571. The highest BCUT2D eigenvalue weighted by Gasteiger charge is 2.32. The smallest absolute Gasteiger partial charge is 0.326 e. The number of likely N-dealkylation sites (tertiary alicyclic amines) is 1. The molecule has 2 rings (SSSR count). The predicted molar refractivity (Wildman–Crippen MR) is 106 cm³/mol. The zero-order valence-corrected chi connectivity index (χ0v) is 16.6. The predicted octanol–water partition coefficient (Wildman–Crippen LogP) is 1.41. The maximum absolute atomic E-state index is 12.6. The average Bonchev–Trinajstić information content (AvgIpc) is 2.72. The van der Waals surface area contributed by atoms with E-state index in [1.165, 1.54) is 0 Å². The topological polar surface area (TPSA) is 113 Å². The summed E-state index contributed by atoms with van der Waals surface area (Å²) in [5.41, 5.74) is 6.89. The van der Waals surface area contributed by atoms with E-state index in [2.05, 4.69) is 5.32 Å². The Morgan fingerprint density at radius 2 is 1.82 bits per heavy atom. The van der Waals surface area contributed by atoms with Crippen molar-refractivity contribution in [3.8, 4) is 0 Å². The van der Waals surface area contributed by atoms with Crippen LogP contribution in [0.1, 0.15) is 38.7 Å². The summed E-state index contributed by atoms with van der Waals surface area (Å²) in [6, 6.07) is 7.74. The second-order valence-electron chi connectivity index (χ2n) is 7.60. The molecule has 0 aliphatic carbocycles. The molecule has 0 spiro atoms. The molecule has 1 aliphatic heterocycles. The monoisotopic (exact) mass is 389 g/mol. The van der Waals surface area contributed by atoms with Crippen LogP contribution in [-0.4, -0.2) is 53.0 Å². The van der Waals surface area contributed by atoms with E-state index >= 15 is 0 Å². The minimum atomic E-state index is -1.05. The second kappa shape index (κ2) is 10.2. The summed E-state index contributed by atoms with van der Waals surface area (Å²) >= 11 is 0. The summed E-state index contributed by atoms with van der Waals surface area (Å²) in [4.78, 5) is 38.3. The van der Waals surface area contributed by atoms with Crippen molar-refractivity contribution in [3.63, 3.8) is 0 Å². The molecule has 0 unspecified atom stereocenters. The minimum Gasteiger partial charge on any atom is -0.480 e. The first-order valence-corrected chi connectivity index (χ1v) is 9.95. The van der Waals surface area contributed by atoms with Gasteiger partial charge in [-0.05, 0) is 24.3 Å². The van der Waals surface area contributed by atoms with Crippen LogP contribution >= 0.6 is 0 Å². The largest absolute Gasteiger partial charge is 0.480 e. The van der Waals surface area contributed by atoms with Gasteiger partial charge in [-0.25, -0.2) is 4.79 Å². The highest BCUT2D eigenvalue weighted by atomic mass is 16.4. The van der Waals surface area contributed by atoms with Crippen LogP contribution in [0.15, 0.2) is 30.3 Å². The highest BCUT2D eigenvalue weighted by molar-refractivity contribution is 5.86. The molecule has 1 aromatic rings. The first-order valence-electron chi connectivity index (χ1n) is 9.95. The maximum atomic E-state index is 12.6. The van der Waals surface area contributed by atoms with Gasteiger partial charge in [0.05, 0.1) is 6.04 Å². The van der Waals surface area contributed by atoms with E-state index in [1.54, 1.807) is 4.90 Å². The van der Waals surface area contributed by atoms with E-state index in [9.17, 15) is 19.5 Å². The number of carboxylic acids is 1. The molecule has 28 heavy (non-hydrogen) atoms. The lowest BCUT2D eigenvalue weighted by atomic mass is 9.93. The molecule has 1 heterocycles. The van der Waals surface area contributed by atoms with Crippen LogP contribution < -0.4 is 11.1 Å². The molecule has 1 saturated heterocycles. The molecule has 1 aliphatic rings. The van der Waals surface area contributed by atoms with Crippen LogP contribution in [0.4, 0.5) is 0 Å². The molecule has 4 N–H and O–H groups in total. The minimum absolute atomic E-state index is 0.0688. The third kappa shape index (κ3) is 5.79. The number of nitrogens with two attached hydrogens (primary N) is 1. The number of nitrogens with one attached hydrogen (secondary N) is 1. The maximum Gasteiger partial charge on any atom is 0.326 e. The number of benzene rings is 1. The zero-order valence-electron chi connectivity index (χ0n) is 16.6. The van der Waals surface area contributed by atoms with E-state index in [1.807, 2.05) is 44.2 Å². The molecule has 1 fully saturated rings. The van der Waals surface area contributed by atoms with Crippen LogP contribution in [0.2, 0.25) is 0 Å². The lowest BCUT2D eigenvalue weighted by Gasteiger charge is -2.34. The van der Waals surface area contributed by atoms with Gasteiger partial charge in [0.25, 0.3) is 0 Å². The Hall–Kier alpha value is -2.41. The first kappa shape index (κ1) is 21.9. The summed E-state index contributed by atoms with van der Waals surface area (Å²) in [6.07, 6.45) is 2.11. The van der Waals surface area contributed by atoms with Crippen molar-refractivity contribution in [2.75, 3.05) is 13.1 Å². The molecule has 7 heteroatoms. The van der Waals surface area contributed by atoms with Gasteiger partial charge in [0.2, 0.25) is 11.8 Å². The fourth-order valence-corrected chi connectivity index (χ4v) is 3.41. The molecule has 1 aromatic carbocycles. The molecule has 7 nitrogen and oxygen atoms in total. The normalized spacial score (nSPS) is 18.2. The highest BCUT2D eigenvalue weighted by Crippen LogP contribution is 2.20. The SMILES string of the molecule is CC[C@H](C)[C@H](N)C(=O)N1CCC(C(=O)N[C@H](Cc2ccccc2)C(=O)O)CC1. The molecule has 3 atom stereocenters. The van der Waals surface area contributed by atoms with Crippen molar-refractivity contribution in [2.24, 2.45) is 17.6 Å². The number of rotatable bonds is 8. The molecule has 0 saturated carbocycles. The van der Waals surface area contributed by atoms with Crippen molar-refractivity contribution in [3.05, 3.63) is 35.9 Å². The Kier molecular flexibility index (Phi) is 7.99. The van der Waals surface area contributed by atoms with Crippen molar-refractivity contribution < 1.29 is 19.5 Å². The van der Waals surface area contributed by atoms with Crippen LogP contribution in [0.25, 0.3) is 0 Å². The molecule has 0 radical (unpaired) electrons. The van der Waals surface area contributed by atoms with Crippen molar-refractivity contribution in [1.29, 1.82) is 0 Å². The lowest BCUT2D eigenvalue weighted by Crippen LogP contribution is -2.52. The van der Waals surface area contributed by atoms with Crippen molar-refractivity contribution in [2.45, 2.75) is 51.6 Å². The fourth-order valence-electron chi connectivity index (χ4n) is 3.41. The first-order chi connectivity index (χ1) is 13.3. The van der Waals surface area contributed by atoms with Crippen molar-refractivity contribution >= 4 is 17.8 Å². The molecule has 2 amide bonds. The number of hydrogen-bond donors (Lipinski definition) is 3.